The number of hydrogen-bond donors (Lipinski definition) is 1. The zero-order valence-corrected chi connectivity index (χ0v) is 11.6. The van der Waals surface area contributed by atoms with Gasteiger partial charge in [-0.1, -0.05) is 0 Å². The molecule has 2 unspecified atom stereocenters. The molecular weight excluding hydrogens is 256 g/mol. The summed E-state index contributed by atoms with van der Waals surface area (Å²) in [5.41, 5.74) is 7.33. The Kier molecular flexibility index (Phi) is 3.47. The Balaban J connectivity index is 1.85. The molecule has 2 aliphatic rings. The van der Waals surface area contributed by atoms with E-state index in [-0.39, 0.29) is 6.04 Å². The number of fused-ring (bicyclic) bond motifs is 1. The van der Waals surface area contributed by atoms with Gasteiger partial charge in [0.2, 0.25) is 0 Å². The molecule has 0 spiro atoms. The first kappa shape index (κ1) is 11.4. The monoisotopic (exact) mass is 272 g/mol. The summed E-state index contributed by atoms with van der Waals surface area (Å²) in [6, 6.07) is 0.204. The minimum Gasteiger partial charge on any atom is -0.323 e. The maximum Gasteiger partial charge on any atom is 0.107 e. The van der Waals surface area contributed by atoms with Crippen LogP contribution in [0.2, 0.25) is 0 Å². The fourth-order valence-corrected chi connectivity index (χ4v) is 6.40. The van der Waals surface area contributed by atoms with E-state index in [9.17, 15) is 0 Å². The van der Waals surface area contributed by atoms with Crippen molar-refractivity contribution in [3.05, 3.63) is 15.6 Å². The van der Waals surface area contributed by atoms with Crippen LogP contribution in [0.1, 0.15) is 39.7 Å². The lowest BCUT2D eigenvalue weighted by Gasteiger charge is -2.18. The number of aryl methyl sites for hydroxylation is 1. The molecule has 0 radical (unpaired) electrons. The Morgan fingerprint density at radius 2 is 2.25 bits per heavy atom. The van der Waals surface area contributed by atoms with Crippen LogP contribution in [0.25, 0.3) is 0 Å². The number of nitrogens with zero attached hydrogens (tertiary/aromatic N) is 1. The van der Waals surface area contributed by atoms with Crippen LogP contribution in [0, 0.1) is 0 Å². The molecule has 1 aromatic rings. The molecule has 16 heavy (non-hydrogen) atoms. The third kappa shape index (κ3) is 2.15. The number of aromatic nitrogens is 1. The summed E-state index contributed by atoms with van der Waals surface area (Å²) in [6.45, 7) is 0. The van der Waals surface area contributed by atoms with E-state index >= 15 is 0 Å². The molecule has 1 aliphatic carbocycles. The first-order valence-corrected chi connectivity index (χ1v) is 8.81. The van der Waals surface area contributed by atoms with Crippen LogP contribution in [0.3, 0.4) is 0 Å². The lowest BCUT2D eigenvalue weighted by atomic mass is 9.99. The summed E-state index contributed by atoms with van der Waals surface area (Å²) in [5, 5.41) is 1.96. The average molecular weight is 272 g/mol. The van der Waals surface area contributed by atoms with Crippen molar-refractivity contribution < 1.29 is 0 Å². The second-order valence-electron chi connectivity index (χ2n) is 4.29. The molecule has 1 aromatic heterocycles. The van der Waals surface area contributed by atoms with Crippen molar-refractivity contribution in [1.82, 2.24) is 4.98 Å². The molecule has 2 N–H and O–H groups in total. The van der Waals surface area contributed by atoms with E-state index in [1.807, 2.05) is 11.3 Å². The van der Waals surface area contributed by atoms with Gasteiger partial charge in [-0.25, -0.2) is 4.98 Å². The quantitative estimate of drug-likeness (QED) is 0.853. The third-order valence-corrected chi connectivity index (χ3v) is 7.26. The van der Waals surface area contributed by atoms with Crippen LogP contribution in [0.15, 0.2) is 0 Å². The summed E-state index contributed by atoms with van der Waals surface area (Å²) in [4.78, 5) is 6.28. The zero-order valence-electron chi connectivity index (χ0n) is 9.15. The Morgan fingerprint density at radius 1 is 1.31 bits per heavy atom. The summed E-state index contributed by atoms with van der Waals surface area (Å²) in [6.07, 6.45) is 3.55. The van der Waals surface area contributed by atoms with Gasteiger partial charge in [0.05, 0.1) is 10.9 Å². The summed E-state index contributed by atoms with van der Waals surface area (Å²) in [7, 11) is 0. The standard InChI is InChI=1S/C11H16N2S3/c12-7-2-1-3-8-10(7)13-11(16-8)9-6-14-4-5-15-9/h7,9H,1-6,12H2. The first-order valence-electron chi connectivity index (χ1n) is 5.79. The SMILES string of the molecule is NC1CCCc2sc(C3CSCCS3)nc21. The molecular formula is C11H16N2S3. The van der Waals surface area contributed by atoms with Gasteiger partial charge < -0.3 is 5.73 Å². The number of hydrogen-bond acceptors (Lipinski definition) is 5. The molecule has 2 nitrogen and oxygen atoms in total. The van der Waals surface area contributed by atoms with Gasteiger partial charge >= 0.3 is 0 Å². The van der Waals surface area contributed by atoms with Gasteiger partial charge in [-0.05, 0) is 19.3 Å². The van der Waals surface area contributed by atoms with Gasteiger partial charge in [0, 0.05) is 28.2 Å². The lowest BCUT2D eigenvalue weighted by molar-refractivity contribution is 0.562. The Bertz CT molecular complexity index is 371. The van der Waals surface area contributed by atoms with Gasteiger partial charge in [-0.3, -0.25) is 0 Å². The highest BCUT2D eigenvalue weighted by atomic mass is 32.2. The molecule has 88 valence electrons. The van der Waals surface area contributed by atoms with Gasteiger partial charge in [0.1, 0.15) is 5.01 Å². The molecule has 2 atom stereocenters. The highest BCUT2D eigenvalue weighted by Crippen LogP contribution is 2.41. The Hall–Kier alpha value is 0.290. The van der Waals surface area contributed by atoms with Gasteiger partial charge in [0.25, 0.3) is 0 Å². The van der Waals surface area contributed by atoms with Crippen molar-refractivity contribution in [2.24, 2.45) is 5.73 Å². The third-order valence-electron chi connectivity index (χ3n) is 3.11. The van der Waals surface area contributed by atoms with Gasteiger partial charge in [0.15, 0.2) is 0 Å². The molecule has 3 rings (SSSR count). The molecule has 1 saturated heterocycles. The molecule has 0 amide bonds. The van der Waals surface area contributed by atoms with Crippen LogP contribution in [0.5, 0.6) is 0 Å². The van der Waals surface area contributed by atoms with E-state index in [4.69, 9.17) is 10.7 Å². The number of thioether (sulfide) groups is 2. The van der Waals surface area contributed by atoms with Crippen molar-refractivity contribution in [1.29, 1.82) is 0 Å². The number of thiazole rings is 1. The van der Waals surface area contributed by atoms with Gasteiger partial charge in [-0.15, -0.1) is 23.1 Å². The van der Waals surface area contributed by atoms with Crippen LogP contribution in [-0.4, -0.2) is 22.2 Å². The molecule has 5 heteroatoms. The number of rotatable bonds is 1. The fraction of sp³-hybridized carbons (Fsp3) is 0.727. The highest BCUT2D eigenvalue weighted by molar-refractivity contribution is 8.06. The van der Waals surface area contributed by atoms with E-state index in [2.05, 4.69) is 23.5 Å². The normalized spacial score (nSPS) is 30.1. The van der Waals surface area contributed by atoms with Crippen LogP contribution >= 0.6 is 34.9 Å². The number of nitrogens with two attached hydrogens (primary N) is 1. The van der Waals surface area contributed by atoms with E-state index in [1.165, 1.54) is 45.7 Å². The van der Waals surface area contributed by atoms with Crippen molar-refractivity contribution in [3.8, 4) is 0 Å². The van der Waals surface area contributed by atoms with Crippen molar-refractivity contribution in [3.63, 3.8) is 0 Å². The topological polar surface area (TPSA) is 38.9 Å². The predicted octanol–water partition coefficient (Wildman–Crippen LogP) is 3.00. The minimum absolute atomic E-state index is 0.204. The van der Waals surface area contributed by atoms with E-state index in [0.29, 0.717) is 5.25 Å². The van der Waals surface area contributed by atoms with E-state index in [0.717, 1.165) is 6.42 Å². The Morgan fingerprint density at radius 3 is 3.00 bits per heavy atom. The van der Waals surface area contributed by atoms with Crippen molar-refractivity contribution in [2.45, 2.75) is 30.6 Å². The van der Waals surface area contributed by atoms with Gasteiger partial charge in [-0.2, -0.15) is 11.8 Å². The summed E-state index contributed by atoms with van der Waals surface area (Å²) in [5.74, 6) is 3.80. The smallest absolute Gasteiger partial charge is 0.107 e. The molecule has 0 aromatic carbocycles. The molecule has 1 aliphatic heterocycles. The van der Waals surface area contributed by atoms with E-state index < -0.39 is 0 Å². The second-order valence-corrected chi connectivity index (χ2v) is 7.87. The predicted molar refractivity (Wildman–Crippen MR) is 74.5 cm³/mol. The molecule has 1 fully saturated rings. The fourth-order valence-electron chi connectivity index (χ4n) is 2.24. The molecule has 0 saturated carbocycles. The zero-order chi connectivity index (χ0) is 11.0. The summed E-state index contributed by atoms with van der Waals surface area (Å²) >= 11 is 6.05. The van der Waals surface area contributed by atoms with Crippen LogP contribution in [0.4, 0.5) is 0 Å². The largest absolute Gasteiger partial charge is 0.323 e. The molecule has 2 heterocycles. The average Bonchev–Trinajstić information content (AvgIpc) is 2.76. The van der Waals surface area contributed by atoms with Crippen molar-refractivity contribution >= 4 is 34.9 Å². The Labute approximate surface area is 109 Å². The lowest BCUT2D eigenvalue weighted by Crippen LogP contribution is -2.16. The van der Waals surface area contributed by atoms with Crippen molar-refractivity contribution in [2.75, 3.05) is 17.3 Å². The maximum absolute atomic E-state index is 6.12. The maximum atomic E-state index is 6.12. The van der Waals surface area contributed by atoms with E-state index in [1.54, 1.807) is 0 Å². The summed E-state index contributed by atoms with van der Waals surface area (Å²) < 4.78 is 0. The first-order chi connectivity index (χ1) is 7.84. The highest BCUT2D eigenvalue weighted by Gasteiger charge is 2.26. The van der Waals surface area contributed by atoms with Crippen LogP contribution < -0.4 is 5.73 Å². The second kappa shape index (κ2) is 4.88. The minimum atomic E-state index is 0.204. The molecule has 0 bridgehead atoms. The van der Waals surface area contributed by atoms with Crippen LogP contribution in [-0.2, 0) is 6.42 Å².